The van der Waals surface area contributed by atoms with Gasteiger partial charge in [-0.2, -0.15) is 0 Å². The predicted molar refractivity (Wildman–Crippen MR) is 52.5 cm³/mol. The van der Waals surface area contributed by atoms with Gasteiger partial charge in [-0.25, -0.2) is 0 Å². The SMILES string of the molecule is NCCc1cnccc1-c1ccno1. The van der Waals surface area contributed by atoms with Crippen LogP contribution in [-0.4, -0.2) is 16.7 Å². The average molecular weight is 189 g/mol. The van der Waals surface area contributed by atoms with E-state index in [0.29, 0.717) is 6.54 Å². The van der Waals surface area contributed by atoms with Gasteiger partial charge < -0.3 is 10.3 Å². The van der Waals surface area contributed by atoms with Gasteiger partial charge in [-0.1, -0.05) is 5.16 Å². The Hall–Kier alpha value is -1.68. The van der Waals surface area contributed by atoms with Crippen LogP contribution in [0.1, 0.15) is 5.56 Å². The Labute approximate surface area is 81.7 Å². The molecule has 0 saturated heterocycles. The van der Waals surface area contributed by atoms with Gasteiger partial charge in [0.15, 0.2) is 5.76 Å². The summed E-state index contributed by atoms with van der Waals surface area (Å²) in [5, 5.41) is 3.67. The molecule has 2 aromatic rings. The van der Waals surface area contributed by atoms with Crippen molar-refractivity contribution in [3.05, 3.63) is 36.3 Å². The third kappa shape index (κ3) is 1.65. The first-order chi connectivity index (χ1) is 6.92. The van der Waals surface area contributed by atoms with Crippen molar-refractivity contribution < 1.29 is 4.52 Å². The first kappa shape index (κ1) is 8.90. The summed E-state index contributed by atoms with van der Waals surface area (Å²) in [5.74, 6) is 0.760. The van der Waals surface area contributed by atoms with Crippen LogP contribution in [0.25, 0.3) is 11.3 Å². The second-order valence-corrected chi connectivity index (χ2v) is 2.95. The Morgan fingerprint density at radius 2 is 2.21 bits per heavy atom. The van der Waals surface area contributed by atoms with Gasteiger partial charge in [0.25, 0.3) is 0 Å². The Morgan fingerprint density at radius 1 is 1.29 bits per heavy atom. The molecule has 2 heterocycles. The lowest BCUT2D eigenvalue weighted by molar-refractivity contribution is 0.432. The highest BCUT2D eigenvalue weighted by Gasteiger charge is 2.06. The Bertz CT molecular complexity index is 398. The van der Waals surface area contributed by atoms with Crippen molar-refractivity contribution >= 4 is 0 Å². The van der Waals surface area contributed by atoms with Crippen LogP contribution < -0.4 is 5.73 Å². The van der Waals surface area contributed by atoms with E-state index in [1.165, 1.54) is 0 Å². The Kier molecular flexibility index (Phi) is 2.55. The van der Waals surface area contributed by atoms with Crippen molar-refractivity contribution in [1.29, 1.82) is 0 Å². The maximum atomic E-state index is 5.51. The van der Waals surface area contributed by atoms with Crippen molar-refractivity contribution in [1.82, 2.24) is 10.1 Å². The topological polar surface area (TPSA) is 64.9 Å². The van der Waals surface area contributed by atoms with E-state index in [4.69, 9.17) is 10.3 Å². The van der Waals surface area contributed by atoms with Crippen LogP contribution in [-0.2, 0) is 6.42 Å². The molecule has 0 spiro atoms. The van der Waals surface area contributed by atoms with Crippen LogP contribution >= 0.6 is 0 Å². The lowest BCUT2D eigenvalue weighted by Gasteiger charge is -2.03. The fraction of sp³-hybridized carbons (Fsp3) is 0.200. The zero-order valence-electron chi connectivity index (χ0n) is 7.68. The molecule has 0 radical (unpaired) electrons. The van der Waals surface area contributed by atoms with E-state index in [9.17, 15) is 0 Å². The van der Waals surface area contributed by atoms with Gasteiger partial charge in [0, 0.05) is 24.0 Å². The van der Waals surface area contributed by atoms with Crippen molar-refractivity contribution in [2.45, 2.75) is 6.42 Å². The molecule has 0 bridgehead atoms. The molecule has 0 aliphatic heterocycles. The lowest BCUT2D eigenvalue weighted by atomic mass is 10.1. The summed E-state index contributed by atoms with van der Waals surface area (Å²) in [4.78, 5) is 4.06. The highest BCUT2D eigenvalue weighted by atomic mass is 16.5. The quantitative estimate of drug-likeness (QED) is 0.788. The third-order valence-corrected chi connectivity index (χ3v) is 2.02. The highest BCUT2D eigenvalue weighted by molar-refractivity contribution is 5.60. The average Bonchev–Trinajstić information content (AvgIpc) is 2.72. The maximum Gasteiger partial charge on any atom is 0.167 e. The van der Waals surface area contributed by atoms with Crippen molar-refractivity contribution in [2.24, 2.45) is 5.73 Å². The summed E-state index contributed by atoms with van der Waals surface area (Å²) in [7, 11) is 0. The second kappa shape index (κ2) is 4.02. The summed E-state index contributed by atoms with van der Waals surface area (Å²) in [6.07, 6.45) is 5.97. The zero-order chi connectivity index (χ0) is 9.80. The van der Waals surface area contributed by atoms with Gasteiger partial charge in [-0.3, -0.25) is 4.98 Å². The molecule has 0 aromatic carbocycles. The smallest absolute Gasteiger partial charge is 0.167 e. The van der Waals surface area contributed by atoms with E-state index in [1.54, 1.807) is 12.4 Å². The molecule has 2 aromatic heterocycles. The van der Waals surface area contributed by atoms with Gasteiger partial charge >= 0.3 is 0 Å². The van der Waals surface area contributed by atoms with Crippen LogP contribution in [0.2, 0.25) is 0 Å². The number of hydrogen-bond donors (Lipinski definition) is 1. The van der Waals surface area contributed by atoms with Gasteiger partial charge in [0.1, 0.15) is 0 Å². The number of aromatic nitrogens is 2. The second-order valence-electron chi connectivity index (χ2n) is 2.95. The molecule has 0 aliphatic rings. The van der Waals surface area contributed by atoms with Crippen LogP contribution in [0.15, 0.2) is 35.2 Å². The largest absolute Gasteiger partial charge is 0.356 e. The highest BCUT2D eigenvalue weighted by Crippen LogP contribution is 2.22. The molecule has 72 valence electrons. The molecule has 2 rings (SSSR count). The van der Waals surface area contributed by atoms with Crippen molar-refractivity contribution in [2.75, 3.05) is 6.54 Å². The summed E-state index contributed by atoms with van der Waals surface area (Å²) < 4.78 is 5.09. The van der Waals surface area contributed by atoms with E-state index in [-0.39, 0.29) is 0 Å². The summed E-state index contributed by atoms with van der Waals surface area (Å²) >= 11 is 0. The minimum absolute atomic E-state index is 0.604. The molecule has 4 nitrogen and oxygen atoms in total. The normalized spacial score (nSPS) is 10.4. The molecule has 0 unspecified atom stereocenters. The fourth-order valence-corrected chi connectivity index (χ4v) is 1.38. The van der Waals surface area contributed by atoms with Crippen molar-refractivity contribution in [3.8, 4) is 11.3 Å². The molecule has 2 N–H and O–H groups in total. The van der Waals surface area contributed by atoms with Crippen LogP contribution in [0.3, 0.4) is 0 Å². The summed E-state index contributed by atoms with van der Waals surface area (Å²) in [6, 6.07) is 3.74. The molecule has 14 heavy (non-hydrogen) atoms. The number of nitrogens with zero attached hydrogens (tertiary/aromatic N) is 2. The third-order valence-electron chi connectivity index (χ3n) is 2.02. The fourth-order valence-electron chi connectivity index (χ4n) is 1.38. The van der Waals surface area contributed by atoms with Gasteiger partial charge in [-0.05, 0) is 24.6 Å². The zero-order valence-corrected chi connectivity index (χ0v) is 7.68. The minimum atomic E-state index is 0.604. The standard InChI is InChI=1S/C10H11N3O/c11-4-1-8-7-12-5-2-9(8)10-3-6-13-14-10/h2-3,5-7H,1,4,11H2. The molecule has 0 saturated carbocycles. The molecule has 0 atom stereocenters. The first-order valence-electron chi connectivity index (χ1n) is 4.46. The van der Waals surface area contributed by atoms with E-state index in [0.717, 1.165) is 23.3 Å². The Morgan fingerprint density at radius 3 is 2.93 bits per heavy atom. The molecule has 4 heteroatoms. The molecule has 0 aliphatic carbocycles. The molecule has 0 amide bonds. The van der Waals surface area contributed by atoms with E-state index < -0.39 is 0 Å². The predicted octanol–water partition coefficient (Wildman–Crippen LogP) is 1.24. The van der Waals surface area contributed by atoms with E-state index in [1.807, 2.05) is 18.3 Å². The number of pyridine rings is 1. The Balaban J connectivity index is 2.42. The number of hydrogen-bond acceptors (Lipinski definition) is 4. The van der Waals surface area contributed by atoms with Gasteiger partial charge in [0.05, 0.1) is 6.20 Å². The summed E-state index contributed by atoms with van der Waals surface area (Å²) in [6.45, 7) is 0.604. The van der Waals surface area contributed by atoms with Crippen LogP contribution in [0.5, 0.6) is 0 Å². The van der Waals surface area contributed by atoms with Gasteiger partial charge in [-0.15, -0.1) is 0 Å². The minimum Gasteiger partial charge on any atom is -0.356 e. The van der Waals surface area contributed by atoms with E-state index in [2.05, 4.69) is 10.1 Å². The van der Waals surface area contributed by atoms with Crippen LogP contribution in [0.4, 0.5) is 0 Å². The molecule has 0 fully saturated rings. The number of nitrogens with two attached hydrogens (primary N) is 1. The van der Waals surface area contributed by atoms with Crippen LogP contribution in [0, 0.1) is 0 Å². The molecular formula is C10H11N3O. The lowest BCUT2D eigenvalue weighted by Crippen LogP contribution is -2.04. The van der Waals surface area contributed by atoms with Crippen molar-refractivity contribution in [3.63, 3.8) is 0 Å². The molecular weight excluding hydrogens is 178 g/mol. The van der Waals surface area contributed by atoms with Gasteiger partial charge in [0.2, 0.25) is 0 Å². The maximum absolute atomic E-state index is 5.51. The number of rotatable bonds is 3. The first-order valence-corrected chi connectivity index (χ1v) is 4.46. The summed E-state index contributed by atoms with van der Waals surface area (Å²) in [5.41, 5.74) is 7.62. The monoisotopic (exact) mass is 189 g/mol. The van der Waals surface area contributed by atoms with E-state index >= 15 is 0 Å².